The first-order valence-corrected chi connectivity index (χ1v) is 2.99. The Kier molecular flexibility index (Phi) is 2.03. The molecule has 0 radical (unpaired) electrons. The largest absolute Gasteiger partial charge is 0.298 e. The average Bonchev–Trinajstić information content (AvgIpc) is 2.04. The van der Waals surface area contributed by atoms with Crippen molar-refractivity contribution in [3.63, 3.8) is 0 Å². The van der Waals surface area contributed by atoms with E-state index < -0.39 is 5.82 Å². The van der Waals surface area contributed by atoms with Crippen LogP contribution in [0.3, 0.4) is 0 Å². The predicted molar refractivity (Wildman–Crippen MR) is 39.7 cm³/mol. The SMILES string of the molecule is C#Cc1ccc(C=O)c(F)c1. The molecule has 54 valence electrons. The van der Waals surface area contributed by atoms with E-state index in [1.54, 1.807) is 0 Å². The maximum absolute atomic E-state index is 12.7. The number of terminal acetylenes is 1. The molecule has 0 bridgehead atoms. The molecular formula is C9H5FO. The van der Waals surface area contributed by atoms with E-state index in [2.05, 4.69) is 5.92 Å². The summed E-state index contributed by atoms with van der Waals surface area (Å²) in [6.45, 7) is 0. The molecule has 1 rings (SSSR count). The summed E-state index contributed by atoms with van der Waals surface area (Å²) in [6.07, 6.45) is 5.46. The van der Waals surface area contributed by atoms with Crippen LogP contribution in [0.2, 0.25) is 0 Å². The molecule has 11 heavy (non-hydrogen) atoms. The van der Waals surface area contributed by atoms with E-state index in [-0.39, 0.29) is 5.56 Å². The van der Waals surface area contributed by atoms with Crippen molar-refractivity contribution in [3.8, 4) is 12.3 Å². The van der Waals surface area contributed by atoms with Crippen molar-refractivity contribution >= 4 is 6.29 Å². The molecule has 0 spiro atoms. The molecule has 0 amide bonds. The Labute approximate surface area is 63.9 Å². The second-order valence-corrected chi connectivity index (χ2v) is 2.00. The molecule has 0 aliphatic carbocycles. The predicted octanol–water partition coefficient (Wildman–Crippen LogP) is 1.62. The lowest BCUT2D eigenvalue weighted by Crippen LogP contribution is -1.87. The van der Waals surface area contributed by atoms with Gasteiger partial charge in [0, 0.05) is 5.56 Å². The van der Waals surface area contributed by atoms with Gasteiger partial charge in [0.1, 0.15) is 5.82 Å². The summed E-state index contributed by atoms with van der Waals surface area (Å²) in [5.74, 6) is 1.69. The molecule has 0 saturated heterocycles. The van der Waals surface area contributed by atoms with Crippen LogP contribution in [0.1, 0.15) is 15.9 Å². The zero-order chi connectivity index (χ0) is 8.27. The van der Waals surface area contributed by atoms with Crippen molar-refractivity contribution in [2.75, 3.05) is 0 Å². The van der Waals surface area contributed by atoms with E-state index in [1.165, 1.54) is 12.1 Å². The number of carbonyl (C=O) groups excluding carboxylic acids is 1. The van der Waals surface area contributed by atoms with Crippen molar-refractivity contribution in [1.82, 2.24) is 0 Å². The normalized spacial score (nSPS) is 8.73. The van der Waals surface area contributed by atoms with Crippen LogP contribution in [-0.2, 0) is 0 Å². The first-order valence-electron chi connectivity index (χ1n) is 2.99. The summed E-state index contributed by atoms with van der Waals surface area (Å²) < 4.78 is 12.7. The summed E-state index contributed by atoms with van der Waals surface area (Å²) >= 11 is 0. The molecule has 1 aromatic rings. The van der Waals surface area contributed by atoms with Gasteiger partial charge in [-0.1, -0.05) is 5.92 Å². The minimum atomic E-state index is -0.574. The first-order chi connectivity index (χ1) is 5.27. The molecule has 0 atom stereocenters. The van der Waals surface area contributed by atoms with Crippen molar-refractivity contribution < 1.29 is 9.18 Å². The molecule has 0 aromatic heterocycles. The number of hydrogen-bond acceptors (Lipinski definition) is 1. The highest BCUT2D eigenvalue weighted by molar-refractivity contribution is 5.75. The molecule has 1 aromatic carbocycles. The Hall–Kier alpha value is -1.62. The van der Waals surface area contributed by atoms with Gasteiger partial charge in [-0.05, 0) is 18.2 Å². The van der Waals surface area contributed by atoms with Gasteiger partial charge in [0.15, 0.2) is 6.29 Å². The van der Waals surface area contributed by atoms with E-state index in [0.717, 1.165) is 6.07 Å². The molecule has 0 saturated carbocycles. The third kappa shape index (κ3) is 1.44. The number of benzene rings is 1. The highest BCUT2D eigenvalue weighted by Gasteiger charge is 1.99. The molecule has 1 nitrogen and oxygen atoms in total. The number of carbonyl (C=O) groups is 1. The first kappa shape index (κ1) is 7.49. The number of halogens is 1. The van der Waals surface area contributed by atoms with Crippen molar-refractivity contribution in [2.45, 2.75) is 0 Å². The Morgan fingerprint density at radius 2 is 2.27 bits per heavy atom. The van der Waals surface area contributed by atoms with Gasteiger partial charge in [0.25, 0.3) is 0 Å². The smallest absolute Gasteiger partial charge is 0.152 e. The van der Waals surface area contributed by atoms with Crippen molar-refractivity contribution in [3.05, 3.63) is 35.1 Å². The Balaban J connectivity index is 3.22. The second-order valence-electron chi connectivity index (χ2n) is 2.00. The lowest BCUT2D eigenvalue weighted by atomic mass is 10.1. The fraction of sp³-hybridized carbons (Fsp3) is 0. The minimum absolute atomic E-state index is 0.0315. The van der Waals surface area contributed by atoms with Gasteiger partial charge >= 0.3 is 0 Å². The highest BCUT2D eigenvalue weighted by atomic mass is 19.1. The van der Waals surface area contributed by atoms with Crippen molar-refractivity contribution in [1.29, 1.82) is 0 Å². The van der Waals surface area contributed by atoms with Crippen LogP contribution in [0.15, 0.2) is 18.2 Å². The molecule has 0 N–H and O–H groups in total. The number of rotatable bonds is 1. The maximum Gasteiger partial charge on any atom is 0.152 e. The topological polar surface area (TPSA) is 17.1 Å². The van der Waals surface area contributed by atoms with Gasteiger partial charge in [0.05, 0.1) is 5.56 Å². The van der Waals surface area contributed by atoms with Gasteiger partial charge in [-0.15, -0.1) is 6.42 Å². The Morgan fingerprint density at radius 3 is 2.73 bits per heavy atom. The van der Waals surface area contributed by atoms with E-state index in [9.17, 15) is 9.18 Å². The van der Waals surface area contributed by atoms with E-state index >= 15 is 0 Å². The summed E-state index contributed by atoms with van der Waals surface area (Å²) in [5.41, 5.74) is 0.470. The molecular weight excluding hydrogens is 143 g/mol. The zero-order valence-corrected chi connectivity index (χ0v) is 5.67. The summed E-state index contributed by atoms with van der Waals surface area (Å²) in [7, 11) is 0. The molecule has 0 fully saturated rings. The third-order valence-electron chi connectivity index (χ3n) is 1.29. The fourth-order valence-corrected chi connectivity index (χ4v) is 0.712. The third-order valence-corrected chi connectivity index (χ3v) is 1.29. The summed E-state index contributed by atoms with van der Waals surface area (Å²) in [6, 6.07) is 4.04. The highest BCUT2D eigenvalue weighted by Crippen LogP contribution is 2.06. The minimum Gasteiger partial charge on any atom is -0.298 e. The molecule has 0 aliphatic heterocycles. The van der Waals surface area contributed by atoms with Crippen LogP contribution < -0.4 is 0 Å². The zero-order valence-electron chi connectivity index (χ0n) is 5.67. The van der Waals surface area contributed by atoms with Crippen LogP contribution in [0.4, 0.5) is 4.39 Å². The number of aldehydes is 1. The van der Waals surface area contributed by atoms with Crippen LogP contribution in [0, 0.1) is 18.2 Å². The van der Waals surface area contributed by atoms with E-state index in [1.807, 2.05) is 0 Å². The van der Waals surface area contributed by atoms with Gasteiger partial charge in [-0.3, -0.25) is 4.79 Å². The molecule has 0 unspecified atom stereocenters. The van der Waals surface area contributed by atoms with Gasteiger partial charge in [0.2, 0.25) is 0 Å². The lowest BCUT2D eigenvalue weighted by molar-refractivity contribution is 0.112. The Bertz CT molecular complexity index is 323. The van der Waals surface area contributed by atoms with Crippen LogP contribution in [0.5, 0.6) is 0 Å². The summed E-state index contributed by atoms with van der Waals surface area (Å²) in [5, 5.41) is 0. The van der Waals surface area contributed by atoms with Gasteiger partial charge in [-0.25, -0.2) is 4.39 Å². The quantitative estimate of drug-likeness (QED) is 0.437. The standard InChI is InChI=1S/C9H5FO/c1-2-7-3-4-8(6-11)9(10)5-7/h1,3-6H. The second kappa shape index (κ2) is 2.98. The van der Waals surface area contributed by atoms with Crippen molar-refractivity contribution in [2.24, 2.45) is 0 Å². The average molecular weight is 148 g/mol. The molecule has 2 heteroatoms. The van der Waals surface area contributed by atoms with E-state index in [4.69, 9.17) is 6.42 Å². The van der Waals surface area contributed by atoms with Crippen LogP contribution in [0.25, 0.3) is 0 Å². The Morgan fingerprint density at radius 1 is 1.55 bits per heavy atom. The molecule has 0 aliphatic rings. The summed E-state index contributed by atoms with van der Waals surface area (Å²) in [4.78, 5) is 10.1. The van der Waals surface area contributed by atoms with E-state index in [0.29, 0.717) is 11.8 Å². The monoisotopic (exact) mass is 148 g/mol. The van der Waals surface area contributed by atoms with Crippen LogP contribution >= 0.6 is 0 Å². The number of hydrogen-bond donors (Lipinski definition) is 0. The molecule has 0 heterocycles. The van der Waals surface area contributed by atoms with Gasteiger partial charge < -0.3 is 0 Å². The van der Waals surface area contributed by atoms with Gasteiger partial charge in [-0.2, -0.15) is 0 Å². The maximum atomic E-state index is 12.7. The lowest BCUT2D eigenvalue weighted by Gasteiger charge is -1.93. The fourth-order valence-electron chi connectivity index (χ4n) is 0.712. The van der Waals surface area contributed by atoms with Crippen LogP contribution in [-0.4, -0.2) is 6.29 Å².